The van der Waals surface area contributed by atoms with Gasteiger partial charge in [-0.05, 0) is 24.9 Å². The van der Waals surface area contributed by atoms with E-state index in [2.05, 4.69) is 12.2 Å². The average Bonchev–Trinajstić information content (AvgIpc) is 2.76. The molecular weight excluding hydrogens is 236 g/mol. The van der Waals surface area contributed by atoms with Crippen LogP contribution >= 0.6 is 0 Å². The van der Waals surface area contributed by atoms with Gasteiger partial charge < -0.3 is 10.1 Å². The van der Waals surface area contributed by atoms with Gasteiger partial charge in [0.2, 0.25) is 0 Å². The molecule has 1 aliphatic heterocycles. The highest BCUT2D eigenvalue weighted by molar-refractivity contribution is 5.24. The van der Waals surface area contributed by atoms with Gasteiger partial charge in [0, 0.05) is 12.2 Å². The van der Waals surface area contributed by atoms with E-state index >= 15 is 0 Å². The SMILES string of the molecule is CCNC(c1cccc(F)c1F)C1OCCC1C. The summed E-state index contributed by atoms with van der Waals surface area (Å²) in [7, 11) is 0. The minimum atomic E-state index is -0.805. The molecule has 1 N–H and O–H groups in total. The molecule has 1 fully saturated rings. The molecule has 1 aromatic carbocycles. The molecule has 0 bridgehead atoms. The molecule has 1 aliphatic rings. The average molecular weight is 255 g/mol. The predicted molar refractivity (Wildman–Crippen MR) is 66.3 cm³/mol. The Balaban J connectivity index is 2.31. The highest BCUT2D eigenvalue weighted by Crippen LogP contribution is 2.32. The van der Waals surface area contributed by atoms with Gasteiger partial charge in [0.25, 0.3) is 0 Å². The second-order valence-corrected chi connectivity index (χ2v) is 4.78. The van der Waals surface area contributed by atoms with Gasteiger partial charge >= 0.3 is 0 Å². The van der Waals surface area contributed by atoms with Crippen LogP contribution in [0.4, 0.5) is 8.78 Å². The van der Waals surface area contributed by atoms with Crippen LogP contribution in [0, 0.1) is 17.6 Å². The second-order valence-electron chi connectivity index (χ2n) is 4.78. The van der Waals surface area contributed by atoms with E-state index < -0.39 is 11.6 Å². The first kappa shape index (κ1) is 13.4. The molecule has 0 aliphatic carbocycles. The maximum absolute atomic E-state index is 13.9. The van der Waals surface area contributed by atoms with Crippen LogP contribution in [0.2, 0.25) is 0 Å². The summed E-state index contributed by atoms with van der Waals surface area (Å²) < 4.78 is 32.9. The van der Waals surface area contributed by atoms with Crippen molar-refractivity contribution < 1.29 is 13.5 Å². The van der Waals surface area contributed by atoms with E-state index in [-0.39, 0.29) is 12.1 Å². The van der Waals surface area contributed by atoms with Crippen LogP contribution < -0.4 is 5.32 Å². The fourth-order valence-electron chi connectivity index (χ4n) is 2.53. The first-order valence-corrected chi connectivity index (χ1v) is 6.44. The lowest BCUT2D eigenvalue weighted by molar-refractivity contribution is 0.0599. The molecule has 0 radical (unpaired) electrons. The Morgan fingerprint density at radius 1 is 1.44 bits per heavy atom. The number of hydrogen-bond donors (Lipinski definition) is 1. The minimum absolute atomic E-state index is 0.0961. The minimum Gasteiger partial charge on any atom is -0.376 e. The van der Waals surface area contributed by atoms with Crippen molar-refractivity contribution in [2.24, 2.45) is 5.92 Å². The van der Waals surface area contributed by atoms with Crippen molar-refractivity contribution in [1.82, 2.24) is 5.32 Å². The highest BCUT2D eigenvalue weighted by atomic mass is 19.2. The Bertz CT molecular complexity index is 411. The van der Waals surface area contributed by atoms with Gasteiger partial charge in [-0.2, -0.15) is 0 Å². The van der Waals surface area contributed by atoms with E-state index in [9.17, 15) is 8.78 Å². The van der Waals surface area contributed by atoms with Crippen LogP contribution in [0.1, 0.15) is 31.9 Å². The summed E-state index contributed by atoms with van der Waals surface area (Å²) in [5, 5.41) is 3.21. The smallest absolute Gasteiger partial charge is 0.163 e. The van der Waals surface area contributed by atoms with Crippen LogP contribution in [-0.4, -0.2) is 19.3 Å². The number of nitrogens with one attached hydrogen (secondary N) is 1. The number of likely N-dealkylation sites (N-methyl/N-ethyl adjacent to an activating group) is 1. The summed E-state index contributed by atoms with van der Waals surface area (Å²) in [6, 6.07) is 4.02. The Morgan fingerprint density at radius 3 is 2.83 bits per heavy atom. The molecule has 0 spiro atoms. The van der Waals surface area contributed by atoms with E-state index in [1.165, 1.54) is 6.07 Å². The Kier molecular flexibility index (Phi) is 4.30. The summed E-state index contributed by atoms with van der Waals surface area (Å²) >= 11 is 0. The predicted octanol–water partition coefficient (Wildman–Crippen LogP) is 3.04. The Morgan fingerprint density at radius 2 is 2.22 bits per heavy atom. The number of hydrogen-bond acceptors (Lipinski definition) is 2. The summed E-state index contributed by atoms with van der Waals surface area (Å²) in [6.45, 7) is 5.40. The maximum atomic E-state index is 13.9. The summed E-state index contributed by atoms with van der Waals surface area (Å²) in [6.07, 6.45) is 0.866. The quantitative estimate of drug-likeness (QED) is 0.893. The first-order valence-electron chi connectivity index (χ1n) is 6.44. The largest absolute Gasteiger partial charge is 0.376 e. The topological polar surface area (TPSA) is 21.3 Å². The molecule has 1 heterocycles. The van der Waals surface area contributed by atoms with Crippen molar-refractivity contribution >= 4 is 0 Å². The van der Waals surface area contributed by atoms with Crippen LogP contribution in [0.5, 0.6) is 0 Å². The second kappa shape index (κ2) is 5.76. The third kappa shape index (κ3) is 2.54. The summed E-state index contributed by atoms with van der Waals surface area (Å²) in [5.74, 6) is -1.23. The highest BCUT2D eigenvalue weighted by Gasteiger charge is 2.34. The molecule has 0 saturated carbocycles. The lowest BCUT2D eigenvalue weighted by atomic mass is 9.92. The first-order chi connectivity index (χ1) is 8.65. The molecule has 2 nitrogen and oxygen atoms in total. The van der Waals surface area contributed by atoms with Gasteiger partial charge in [0.1, 0.15) is 0 Å². The van der Waals surface area contributed by atoms with Crippen molar-refractivity contribution in [2.75, 3.05) is 13.2 Å². The standard InChI is InChI=1S/C14H19F2NO/c1-3-17-13(14-9(2)7-8-18-14)10-5-4-6-11(15)12(10)16/h4-6,9,13-14,17H,3,7-8H2,1-2H3. The molecule has 0 aromatic heterocycles. The van der Waals surface area contributed by atoms with Crippen molar-refractivity contribution in [3.8, 4) is 0 Å². The van der Waals surface area contributed by atoms with E-state index in [1.807, 2.05) is 6.92 Å². The summed E-state index contributed by atoms with van der Waals surface area (Å²) in [5.41, 5.74) is 0.357. The van der Waals surface area contributed by atoms with Crippen LogP contribution in [0.25, 0.3) is 0 Å². The van der Waals surface area contributed by atoms with Crippen molar-refractivity contribution in [2.45, 2.75) is 32.4 Å². The van der Waals surface area contributed by atoms with Gasteiger partial charge in [-0.25, -0.2) is 8.78 Å². The van der Waals surface area contributed by atoms with E-state index in [0.717, 1.165) is 12.5 Å². The van der Waals surface area contributed by atoms with Crippen molar-refractivity contribution in [3.05, 3.63) is 35.4 Å². The molecule has 0 amide bonds. The zero-order chi connectivity index (χ0) is 13.1. The Hall–Kier alpha value is -1.00. The molecule has 1 aromatic rings. The zero-order valence-electron chi connectivity index (χ0n) is 10.7. The molecule has 18 heavy (non-hydrogen) atoms. The number of rotatable bonds is 4. The van der Waals surface area contributed by atoms with E-state index in [0.29, 0.717) is 24.6 Å². The van der Waals surface area contributed by atoms with Crippen molar-refractivity contribution in [3.63, 3.8) is 0 Å². The fraction of sp³-hybridized carbons (Fsp3) is 0.571. The lowest BCUT2D eigenvalue weighted by Crippen LogP contribution is -2.35. The maximum Gasteiger partial charge on any atom is 0.163 e. The third-order valence-corrected chi connectivity index (χ3v) is 3.51. The van der Waals surface area contributed by atoms with E-state index in [1.54, 1.807) is 6.07 Å². The number of ether oxygens (including phenoxy) is 1. The molecule has 1 saturated heterocycles. The molecule has 4 heteroatoms. The summed E-state index contributed by atoms with van der Waals surface area (Å²) in [4.78, 5) is 0. The van der Waals surface area contributed by atoms with Gasteiger partial charge in [-0.15, -0.1) is 0 Å². The van der Waals surface area contributed by atoms with Gasteiger partial charge in [-0.1, -0.05) is 26.0 Å². The van der Waals surface area contributed by atoms with Gasteiger partial charge in [0.05, 0.1) is 12.1 Å². The third-order valence-electron chi connectivity index (χ3n) is 3.51. The van der Waals surface area contributed by atoms with Gasteiger partial charge in [0.15, 0.2) is 11.6 Å². The Labute approximate surface area is 106 Å². The van der Waals surface area contributed by atoms with Gasteiger partial charge in [-0.3, -0.25) is 0 Å². The fourth-order valence-corrected chi connectivity index (χ4v) is 2.53. The van der Waals surface area contributed by atoms with E-state index in [4.69, 9.17) is 4.74 Å². The van der Waals surface area contributed by atoms with Crippen LogP contribution in [-0.2, 0) is 4.74 Å². The molecule has 2 rings (SSSR count). The molecule has 100 valence electrons. The number of benzene rings is 1. The molecular formula is C14H19F2NO. The lowest BCUT2D eigenvalue weighted by Gasteiger charge is -2.27. The molecule has 3 atom stereocenters. The van der Waals surface area contributed by atoms with Crippen molar-refractivity contribution in [1.29, 1.82) is 0 Å². The monoisotopic (exact) mass is 255 g/mol. The van der Waals surface area contributed by atoms with Crippen LogP contribution in [0.15, 0.2) is 18.2 Å². The molecule has 3 unspecified atom stereocenters. The number of halogens is 2. The zero-order valence-corrected chi connectivity index (χ0v) is 10.7. The normalized spacial score (nSPS) is 25.3. The van der Waals surface area contributed by atoms with Crippen LogP contribution in [0.3, 0.4) is 0 Å².